The van der Waals surface area contributed by atoms with Crippen molar-refractivity contribution in [1.29, 1.82) is 0 Å². The minimum Gasteiger partial charge on any atom is -0.494 e. The van der Waals surface area contributed by atoms with Gasteiger partial charge in [-0.15, -0.1) is 0 Å². The molecule has 0 unspecified atom stereocenters. The maximum absolute atomic E-state index is 14.0. The van der Waals surface area contributed by atoms with Crippen molar-refractivity contribution >= 4 is 37.6 Å². The molecule has 4 heterocycles. The van der Waals surface area contributed by atoms with E-state index in [1.54, 1.807) is 47.3 Å². The van der Waals surface area contributed by atoms with Crippen molar-refractivity contribution in [3.63, 3.8) is 0 Å². The molecule has 0 bridgehead atoms. The first-order valence-corrected chi connectivity index (χ1v) is 18.1. The molecule has 1 N–H and O–H groups in total. The van der Waals surface area contributed by atoms with E-state index in [2.05, 4.69) is 9.97 Å². The van der Waals surface area contributed by atoms with Crippen LogP contribution in [0.15, 0.2) is 133 Å². The number of nitrogens with zero attached hydrogens (tertiary/aromatic N) is 4. The third-order valence-corrected chi connectivity index (χ3v) is 10.2. The zero-order valence-corrected chi connectivity index (χ0v) is 28.6. The highest BCUT2D eigenvalue weighted by molar-refractivity contribution is 7.87. The molecule has 0 aliphatic carbocycles. The average molecular weight is 717 g/mol. The number of aromatic hydroxyl groups is 1. The molecule has 8 rings (SSSR count). The molecule has 1 fully saturated rings. The summed E-state index contributed by atoms with van der Waals surface area (Å²) in [5.74, 6) is 0.238. The number of pyridine rings is 2. The Labute approximate surface area is 299 Å². The number of aromatic nitrogens is 3. The Balaban J connectivity index is 1.29. The van der Waals surface area contributed by atoms with Gasteiger partial charge in [0.05, 0.1) is 36.7 Å². The van der Waals surface area contributed by atoms with E-state index < -0.39 is 16.2 Å². The summed E-state index contributed by atoms with van der Waals surface area (Å²) < 4.78 is 61.6. The smallest absolute Gasteiger partial charge is 0.340 e. The molecule has 1 saturated heterocycles. The maximum atomic E-state index is 14.0. The first-order valence-electron chi connectivity index (χ1n) is 16.7. The Morgan fingerprint density at radius 2 is 1.50 bits per heavy atom. The average Bonchev–Trinajstić information content (AvgIpc) is 3.51. The Bertz CT molecular complexity index is 2420. The van der Waals surface area contributed by atoms with Crippen molar-refractivity contribution in [3.05, 3.63) is 150 Å². The van der Waals surface area contributed by atoms with Crippen molar-refractivity contribution < 1.29 is 31.6 Å². The monoisotopic (exact) mass is 716 g/mol. The van der Waals surface area contributed by atoms with Crippen LogP contribution in [-0.2, 0) is 21.4 Å². The lowest BCUT2D eigenvalue weighted by atomic mass is 10.0. The first kappa shape index (κ1) is 33.2. The van der Waals surface area contributed by atoms with Gasteiger partial charge in [0.1, 0.15) is 28.2 Å². The minimum atomic E-state index is -4.44. The quantitative estimate of drug-likeness (QED) is 0.146. The molecule has 1 aliphatic heterocycles. The third-order valence-electron chi connectivity index (χ3n) is 9.03. The van der Waals surface area contributed by atoms with Gasteiger partial charge in [0.2, 0.25) is 5.88 Å². The molecule has 0 amide bonds. The van der Waals surface area contributed by atoms with Crippen molar-refractivity contribution in [2.24, 2.45) is 0 Å². The molecule has 52 heavy (non-hydrogen) atoms. The number of rotatable bonds is 10. The number of morpholine rings is 1. The Hall–Kier alpha value is -5.98. The molecular formula is C40H33FN4O6S. The molecule has 7 aromatic rings. The fourth-order valence-electron chi connectivity index (χ4n) is 6.45. The molecule has 0 radical (unpaired) electrons. The summed E-state index contributed by atoms with van der Waals surface area (Å²) in [6, 6.07) is 31.7. The van der Waals surface area contributed by atoms with Gasteiger partial charge in [-0.05, 0) is 53.1 Å². The van der Waals surface area contributed by atoms with Crippen LogP contribution in [0.25, 0.3) is 21.7 Å². The van der Waals surface area contributed by atoms with Crippen LogP contribution in [0.4, 0.5) is 10.2 Å². The van der Waals surface area contributed by atoms with Gasteiger partial charge in [0.25, 0.3) is 0 Å². The van der Waals surface area contributed by atoms with Crippen LogP contribution < -0.4 is 13.8 Å². The number of fused-ring (bicyclic) bond motifs is 2. The van der Waals surface area contributed by atoms with Gasteiger partial charge < -0.3 is 28.2 Å². The van der Waals surface area contributed by atoms with Gasteiger partial charge in [-0.1, -0.05) is 72.8 Å². The van der Waals surface area contributed by atoms with Gasteiger partial charge in [0, 0.05) is 30.9 Å². The van der Waals surface area contributed by atoms with Gasteiger partial charge in [-0.25, -0.2) is 9.37 Å². The highest BCUT2D eigenvalue weighted by Gasteiger charge is 2.30. The van der Waals surface area contributed by atoms with E-state index in [9.17, 15) is 17.9 Å². The summed E-state index contributed by atoms with van der Waals surface area (Å²) in [5.41, 5.74) is 2.70. The predicted octanol–water partition coefficient (Wildman–Crippen LogP) is 7.25. The second-order valence-corrected chi connectivity index (χ2v) is 13.9. The van der Waals surface area contributed by atoms with E-state index in [1.165, 1.54) is 24.4 Å². The van der Waals surface area contributed by atoms with Crippen molar-refractivity contribution in [2.75, 3.05) is 31.2 Å². The van der Waals surface area contributed by atoms with Crippen LogP contribution in [0, 0.1) is 5.82 Å². The predicted molar refractivity (Wildman–Crippen MR) is 195 cm³/mol. The molecule has 3 aromatic heterocycles. The van der Waals surface area contributed by atoms with Crippen LogP contribution in [-0.4, -0.2) is 54.4 Å². The fraction of sp³-hybridized carbons (Fsp3) is 0.150. The first-order chi connectivity index (χ1) is 25.4. The van der Waals surface area contributed by atoms with Gasteiger partial charge in [-0.2, -0.15) is 8.42 Å². The van der Waals surface area contributed by atoms with Crippen molar-refractivity contribution in [1.82, 2.24) is 14.5 Å². The topological polar surface area (TPSA) is 116 Å². The minimum absolute atomic E-state index is 0.0353. The number of anilines is 1. The normalized spacial score (nSPS) is 13.5. The highest BCUT2D eigenvalue weighted by atomic mass is 32.2. The van der Waals surface area contributed by atoms with Crippen LogP contribution in [0.3, 0.4) is 0 Å². The number of hydrogen-bond donors (Lipinski definition) is 1. The molecule has 12 heteroatoms. The zero-order valence-electron chi connectivity index (χ0n) is 27.8. The summed E-state index contributed by atoms with van der Waals surface area (Å²) in [7, 11) is -4.44. The van der Waals surface area contributed by atoms with Crippen LogP contribution in [0.5, 0.6) is 17.4 Å². The van der Waals surface area contributed by atoms with E-state index in [4.69, 9.17) is 13.7 Å². The lowest BCUT2D eigenvalue weighted by Gasteiger charge is -2.27. The van der Waals surface area contributed by atoms with Crippen LogP contribution in [0.2, 0.25) is 0 Å². The summed E-state index contributed by atoms with van der Waals surface area (Å²) in [5, 5.41) is 12.8. The Morgan fingerprint density at radius 1 is 0.808 bits per heavy atom. The summed E-state index contributed by atoms with van der Waals surface area (Å²) in [6.07, 6.45) is 3.83. The summed E-state index contributed by atoms with van der Waals surface area (Å²) in [4.78, 5) is 11.0. The van der Waals surface area contributed by atoms with E-state index in [0.29, 0.717) is 43.1 Å². The molecule has 10 nitrogen and oxygen atoms in total. The second kappa shape index (κ2) is 14.0. The maximum Gasteiger partial charge on any atom is 0.340 e. The Morgan fingerprint density at radius 3 is 2.15 bits per heavy atom. The van der Waals surface area contributed by atoms with Gasteiger partial charge in [-0.3, -0.25) is 4.98 Å². The highest BCUT2D eigenvalue weighted by Crippen LogP contribution is 2.49. The van der Waals surface area contributed by atoms with Crippen molar-refractivity contribution in [2.45, 2.75) is 17.5 Å². The van der Waals surface area contributed by atoms with E-state index in [-0.39, 0.29) is 50.9 Å². The standard InChI is InChI=1S/C40H33FN4O6S/c41-30-15-13-27(14-16-30)25-45-26-33-35(40(45)46)39(50-37(28-8-3-1-4-9-28)29-10-5-2-6-11-29)36-32(12-7-19-42-36)38(33)51-52(47,48)31-17-18-34(43-24-31)44-20-22-49-23-21-44/h1-19,24,26,37,46H,20-23,25H2. The molecule has 4 aromatic carbocycles. The molecule has 0 saturated carbocycles. The lowest BCUT2D eigenvalue weighted by molar-refractivity contribution is 0.122. The van der Waals surface area contributed by atoms with Gasteiger partial charge >= 0.3 is 10.1 Å². The van der Waals surface area contributed by atoms with Crippen molar-refractivity contribution in [3.8, 4) is 17.4 Å². The number of hydrogen-bond acceptors (Lipinski definition) is 9. The largest absolute Gasteiger partial charge is 0.494 e. The molecular weight excluding hydrogens is 684 g/mol. The molecule has 0 atom stereocenters. The number of benzene rings is 4. The molecule has 262 valence electrons. The van der Waals surface area contributed by atoms with E-state index >= 15 is 0 Å². The zero-order chi connectivity index (χ0) is 35.7. The van der Waals surface area contributed by atoms with Gasteiger partial charge in [0.15, 0.2) is 11.5 Å². The van der Waals surface area contributed by atoms with E-state index in [1.807, 2.05) is 65.6 Å². The molecule has 1 aliphatic rings. The number of halogens is 1. The van der Waals surface area contributed by atoms with Crippen LogP contribution >= 0.6 is 0 Å². The fourth-order valence-corrected chi connectivity index (χ4v) is 7.36. The van der Waals surface area contributed by atoms with E-state index in [0.717, 1.165) is 11.1 Å². The third kappa shape index (κ3) is 6.49. The summed E-state index contributed by atoms with van der Waals surface area (Å²) >= 11 is 0. The lowest BCUT2D eigenvalue weighted by Crippen LogP contribution is -2.36. The number of ether oxygens (including phenoxy) is 2. The second-order valence-electron chi connectivity index (χ2n) is 12.4. The summed E-state index contributed by atoms with van der Waals surface area (Å²) in [6.45, 7) is 2.56. The molecule has 0 spiro atoms. The van der Waals surface area contributed by atoms with Crippen LogP contribution in [0.1, 0.15) is 22.8 Å². The SMILES string of the molecule is O=S(=O)(Oc1c2cccnc2c(OC(c2ccccc2)c2ccccc2)c2c(O)n(Cc3ccc(F)cc3)cc12)c1ccc(N2CCOCC2)nc1. The Kier molecular flexibility index (Phi) is 8.91.